The average molecular weight is 247 g/mol. The van der Waals surface area contributed by atoms with E-state index in [4.69, 9.17) is 9.47 Å². The third-order valence-electron chi connectivity index (χ3n) is 1.54. The fourth-order valence-corrected chi connectivity index (χ4v) is 1.38. The maximum atomic E-state index is 11.3. The van der Waals surface area contributed by atoms with Crippen molar-refractivity contribution < 1.29 is 19.1 Å². The van der Waals surface area contributed by atoms with Crippen LogP contribution in [0.4, 0.5) is 0 Å². The number of carbonyl (C=O) groups excluding carboxylic acids is 2. The maximum Gasteiger partial charge on any atom is 0.356 e. The second kappa shape index (κ2) is 7.33. The molecule has 0 amide bonds. The summed E-state index contributed by atoms with van der Waals surface area (Å²) in [7, 11) is 0.0215. The van der Waals surface area contributed by atoms with Crippen LogP contribution in [0, 0.1) is 0 Å². The van der Waals surface area contributed by atoms with Gasteiger partial charge >= 0.3 is 11.9 Å². The summed E-state index contributed by atoms with van der Waals surface area (Å²) in [5.74, 6) is -0.320. The summed E-state index contributed by atoms with van der Waals surface area (Å²) in [4.78, 5) is 22.3. The molecule has 0 aromatic rings. The van der Waals surface area contributed by atoms with Crippen LogP contribution in [-0.2, 0) is 30.0 Å². The lowest BCUT2D eigenvalue weighted by molar-refractivity contribution is -0.153. The van der Waals surface area contributed by atoms with Crippen LogP contribution in [0.1, 0.15) is 13.8 Å². The second-order valence-corrected chi connectivity index (χ2v) is 6.07. The van der Waals surface area contributed by atoms with Gasteiger partial charge in [-0.3, -0.25) is 0 Å². The van der Waals surface area contributed by atoms with E-state index in [0.29, 0.717) is 11.3 Å². The molecule has 0 saturated carbocycles. The highest BCUT2D eigenvalue weighted by Crippen LogP contribution is 1.98. The fraction of sp³-hybridized carbons (Fsp3) is 0.636. The van der Waals surface area contributed by atoms with Gasteiger partial charge in [0.05, 0.1) is 12.5 Å². The van der Waals surface area contributed by atoms with E-state index in [1.165, 1.54) is 0 Å². The predicted octanol–water partition coefficient (Wildman–Crippen LogP) is 0.915. The van der Waals surface area contributed by atoms with Gasteiger partial charge in [-0.1, -0.05) is 6.58 Å². The van der Waals surface area contributed by atoms with Crippen molar-refractivity contribution in [1.82, 2.24) is 0 Å². The Morgan fingerprint density at radius 3 is 2.38 bits per heavy atom. The summed E-state index contributed by atoms with van der Waals surface area (Å²) in [6, 6.07) is 0. The summed E-state index contributed by atoms with van der Waals surface area (Å²) < 4.78 is 9.91. The summed E-state index contributed by atoms with van der Waals surface area (Å²) in [6.07, 6.45) is 3.51. The minimum atomic E-state index is -0.464. The standard InChI is InChI=1S/C11H19O4S/c1-8(2)11(13)14-6-9(3)15-10(12)7-16(4)5/h9H,1,6-7H2,2-5H3/q+1. The number of carbonyl (C=O) groups is 2. The topological polar surface area (TPSA) is 52.6 Å². The van der Waals surface area contributed by atoms with Crippen LogP contribution in [0.25, 0.3) is 0 Å². The second-order valence-electron chi connectivity index (χ2n) is 3.81. The maximum absolute atomic E-state index is 11.3. The first-order valence-corrected chi connectivity index (χ1v) is 7.10. The molecule has 0 rings (SSSR count). The van der Waals surface area contributed by atoms with E-state index in [1.54, 1.807) is 13.8 Å². The van der Waals surface area contributed by atoms with Crippen molar-refractivity contribution in [2.75, 3.05) is 24.9 Å². The van der Waals surface area contributed by atoms with E-state index in [1.807, 2.05) is 12.5 Å². The predicted molar refractivity (Wildman–Crippen MR) is 65.4 cm³/mol. The Morgan fingerprint density at radius 2 is 1.94 bits per heavy atom. The van der Waals surface area contributed by atoms with Gasteiger partial charge in [-0.15, -0.1) is 0 Å². The van der Waals surface area contributed by atoms with Crippen molar-refractivity contribution in [3.05, 3.63) is 12.2 Å². The number of rotatable bonds is 6. The highest BCUT2D eigenvalue weighted by Gasteiger charge is 2.17. The summed E-state index contributed by atoms with van der Waals surface area (Å²) in [5.41, 5.74) is 0.335. The molecule has 1 unspecified atom stereocenters. The van der Waals surface area contributed by atoms with Crippen LogP contribution in [0.5, 0.6) is 0 Å². The molecule has 16 heavy (non-hydrogen) atoms. The Hall–Kier alpha value is -0.970. The Bertz CT molecular complexity index is 273. The summed E-state index contributed by atoms with van der Waals surface area (Å²) in [5, 5.41) is 0. The molecular weight excluding hydrogens is 228 g/mol. The molecule has 5 heteroatoms. The van der Waals surface area contributed by atoms with Crippen LogP contribution in [-0.4, -0.2) is 42.9 Å². The molecule has 0 saturated heterocycles. The molecule has 0 bridgehead atoms. The number of hydrogen-bond donors (Lipinski definition) is 0. The molecule has 0 spiro atoms. The van der Waals surface area contributed by atoms with Gasteiger partial charge in [0.15, 0.2) is 0 Å². The van der Waals surface area contributed by atoms with Crippen molar-refractivity contribution in [3.63, 3.8) is 0 Å². The molecule has 0 aromatic heterocycles. The quantitative estimate of drug-likeness (QED) is 0.398. The molecule has 4 nitrogen and oxygen atoms in total. The van der Waals surface area contributed by atoms with Gasteiger partial charge in [0.25, 0.3) is 0 Å². The Morgan fingerprint density at radius 1 is 1.38 bits per heavy atom. The zero-order valence-corrected chi connectivity index (χ0v) is 11.1. The first kappa shape index (κ1) is 15.0. The van der Waals surface area contributed by atoms with E-state index < -0.39 is 12.1 Å². The largest absolute Gasteiger partial charge is 0.458 e. The van der Waals surface area contributed by atoms with Crippen LogP contribution in [0.15, 0.2) is 12.2 Å². The van der Waals surface area contributed by atoms with E-state index in [-0.39, 0.29) is 23.5 Å². The molecule has 0 fully saturated rings. The smallest absolute Gasteiger partial charge is 0.356 e. The Labute approximate surface area is 99.3 Å². The van der Waals surface area contributed by atoms with Crippen molar-refractivity contribution in [3.8, 4) is 0 Å². The highest BCUT2D eigenvalue weighted by atomic mass is 32.2. The lowest BCUT2D eigenvalue weighted by Crippen LogP contribution is -2.26. The fourth-order valence-electron chi connectivity index (χ4n) is 0.844. The first-order chi connectivity index (χ1) is 7.32. The van der Waals surface area contributed by atoms with Crippen molar-refractivity contribution >= 4 is 22.8 Å². The minimum Gasteiger partial charge on any atom is -0.458 e. The summed E-state index contributed by atoms with van der Waals surface area (Å²) in [6.45, 7) is 6.78. The van der Waals surface area contributed by atoms with Gasteiger partial charge in [-0.05, 0) is 24.7 Å². The average Bonchev–Trinajstić information content (AvgIpc) is 2.12. The zero-order valence-electron chi connectivity index (χ0n) is 10.2. The number of ether oxygens (including phenoxy) is 2. The summed E-state index contributed by atoms with van der Waals surface area (Å²) >= 11 is 0. The highest BCUT2D eigenvalue weighted by molar-refractivity contribution is 7.96. The minimum absolute atomic E-state index is 0.0215. The van der Waals surface area contributed by atoms with Crippen LogP contribution in [0.2, 0.25) is 0 Å². The van der Waals surface area contributed by atoms with Gasteiger partial charge in [0.2, 0.25) is 5.75 Å². The molecule has 92 valence electrons. The molecule has 0 aliphatic heterocycles. The van der Waals surface area contributed by atoms with Crippen LogP contribution >= 0.6 is 0 Å². The molecule has 0 heterocycles. The van der Waals surface area contributed by atoms with Gasteiger partial charge in [-0.2, -0.15) is 0 Å². The molecular formula is C11H19O4S+. The molecule has 0 N–H and O–H groups in total. The van der Waals surface area contributed by atoms with Gasteiger partial charge in [0, 0.05) is 5.57 Å². The number of hydrogen-bond acceptors (Lipinski definition) is 4. The lowest BCUT2D eigenvalue weighted by Gasteiger charge is -2.12. The SMILES string of the molecule is C=C(C)C(=O)OCC(C)OC(=O)C[S+](C)C. The molecule has 0 aliphatic rings. The first-order valence-electron chi connectivity index (χ1n) is 4.89. The van der Waals surface area contributed by atoms with Crippen molar-refractivity contribution in [2.24, 2.45) is 0 Å². The number of esters is 2. The Kier molecular flexibility index (Phi) is 6.88. The van der Waals surface area contributed by atoms with Gasteiger partial charge in [-0.25, -0.2) is 9.59 Å². The van der Waals surface area contributed by atoms with Crippen molar-refractivity contribution in [1.29, 1.82) is 0 Å². The van der Waals surface area contributed by atoms with Crippen LogP contribution < -0.4 is 0 Å². The van der Waals surface area contributed by atoms with Crippen LogP contribution in [0.3, 0.4) is 0 Å². The van der Waals surface area contributed by atoms with Crippen molar-refractivity contribution in [2.45, 2.75) is 20.0 Å². The van der Waals surface area contributed by atoms with E-state index in [9.17, 15) is 9.59 Å². The molecule has 1 atom stereocenters. The Balaban J connectivity index is 3.82. The van der Waals surface area contributed by atoms with E-state index >= 15 is 0 Å². The normalized spacial score (nSPS) is 12.1. The zero-order chi connectivity index (χ0) is 12.7. The molecule has 0 aliphatic carbocycles. The monoisotopic (exact) mass is 247 g/mol. The lowest BCUT2D eigenvalue weighted by atomic mass is 10.3. The third-order valence-corrected chi connectivity index (χ3v) is 2.35. The van der Waals surface area contributed by atoms with Gasteiger partial charge in [0.1, 0.15) is 12.7 Å². The van der Waals surface area contributed by atoms with E-state index in [0.717, 1.165) is 0 Å². The third kappa shape index (κ3) is 7.34. The molecule has 0 aromatic carbocycles. The molecule has 0 radical (unpaired) electrons. The van der Waals surface area contributed by atoms with Gasteiger partial charge < -0.3 is 9.47 Å². The van der Waals surface area contributed by atoms with E-state index in [2.05, 4.69) is 6.58 Å².